The maximum Gasteiger partial charge on any atom is 0.246 e. The summed E-state index contributed by atoms with van der Waals surface area (Å²) in [7, 11) is 1.86. The van der Waals surface area contributed by atoms with E-state index in [4.69, 9.17) is 0 Å². The van der Waals surface area contributed by atoms with Crippen molar-refractivity contribution in [1.29, 1.82) is 0 Å². The normalized spacial score (nSPS) is 18.5. The molecule has 0 spiro atoms. The zero-order chi connectivity index (χ0) is 13.0. The Morgan fingerprint density at radius 2 is 2.22 bits per heavy atom. The second kappa shape index (κ2) is 5.64. The van der Waals surface area contributed by atoms with Gasteiger partial charge in [0.15, 0.2) is 0 Å². The van der Waals surface area contributed by atoms with Crippen molar-refractivity contribution < 1.29 is 9.59 Å². The third-order valence-corrected chi connectivity index (χ3v) is 2.95. The summed E-state index contributed by atoms with van der Waals surface area (Å²) in [4.78, 5) is 23.0. The van der Waals surface area contributed by atoms with Crippen molar-refractivity contribution in [2.45, 2.75) is 25.4 Å². The molecule has 1 fully saturated rings. The maximum atomic E-state index is 12.0. The SMILES string of the molecule is CNCc1ccccc1NC(=O)[C@@H]1CCC(=O)N1. The van der Waals surface area contributed by atoms with Crippen molar-refractivity contribution in [2.75, 3.05) is 12.4 Å². The second-order valence-electron chi connectivity index (χ2n) is 4.34. The van der Waals surface area contributed by atoms with E-state index in [1.165, 1.54) is 0 Å². The molecule has 0 aromatic heterocycles. The van der Waals surface area contributed by atoms with Crippen LogP contribution in [-0.2, 0) is 16.1 Å². The summed E-state index contributed by atoms with van der Waals surface area (Å²) in [5.41, 5.74) is 1.82. The van der Waals surface area contributed by atoms with Gasteiger partial charge in [-0.25, -0.2) is 0 Å². The van der Waals surface area contributed by atoms with Crippen LogP contribution in [0.2, 0.25) is 0 Å². The monoisotopic (exact) mass is 247 g/mol. The van der Waals surface area contributed by atoms with E-state index in [-0.39, 0.29) is 11.8 Å². The van der Waals surface area contributed by atoms with Gasteiger partial charge in [0.2, 0.25) is 11.8 Å². The molecule has 0 radical (unpaired) electrons. The number of carbonyl (C=O) groups is 2. The molecular formula is C13H17N3O2. The molecule has 18 heavy (non-hydrogen) atoms. The van der Waals surface area contributed by atoms with Gasteiger partial charge in [-0.05, 0) is 25.1 Å². The third-order valence-electron chi connectivity index (χ3n) is 2.95. The average molecular weight is 247 g/mol. The second-order valence-corrected chi connectivity index (χ2v) is 4.34. The van der Waals surface area contributed by atoms with Crippen LogP contribution >= 0.6 is 0 Å². The Kier molecular flexibility index (Phi) is 3.94. The van der Waals surface area contributed by atoms with E-state index >= 15 is 0 Å². The largest absolute Gasteiger partial charge is 0.344 e. The van der Waals surface area contributed by atoms with E-state index in [2.05, 4.69) is 16.0 Å². The Hall–Kier alpha value is -1.88. The van der Waals surface area contributed by atoms with Crippen LogP contribution in [0.4, 0.5) is 5.69 Å². The van der Waals surface area contributed by atoms with Gasteiger partial charge in [0, 0.05) is 18.7 Å². The molecule has 0 saturated carbocycles. The highest BCUT2D eigenvalue weighted by Gasteiger charge is 2.27. The van der Waals surface area contributed by atoms with Crippen LogP contribution in [0.1, 0.15) is 18.4 Å². The maximum absolute atomic E-state index is 12.0. The number of nitrogens with one attached hydrogen (secondary N) is 3. The summed E-state index contributed by atoms with van der Waals surface area (Å²) in [5.74, 6) is -0.205. The van der Waals surface area contributed by atoms with Crippen molar-refractivity contribution in [1.82, 2.24) is 10.6 Å². The predicted molar refractivity (Wildman–Crippen MR) is 69.0 cm³/mol. The number of para-hydroxylation sites is 1. The summed E-state index contributed by atoms with van der Waals surface area (Å²) in [6.45, 7) is 0.688. The van der Waals surface area contributed by atoms with E-state index in [9.17, 15) is 9.59 Å². The van der Waals surface area contributed by atoms with Gasteiger partial charge in [-0.1, -0.05) is 18.2 Å². The molecule has 1 saturated heterocycles. The lowest BCUT2D eigenvalue weighted by atomic mass is 10.1. The summed E-state index contributed by atoms with van der Waals surface area (Å²) in [6.07, 6.45) is 0.995. The number of anilines is 1. The molecule has 2 rings (SSSR count). The molecule has 1 aromatic rings. The van der Waals surface area contributed by atoms with Crippen LogP contribution in [0.3, 0.4) is 0 Å². The van der Waals surface area contributed by atoms with E-state index in [0.717, 1.165) is 11.3 Å². The summed E-state index contributed by atoms with van der Waals surface area (Å²) < 4.78 is 0. The number of amides is 2. The van der Waals surface area contributed by atoms with Crippen LogP contribution in [0.5, 0.6) is 0 Å². The molecule has 1 aromatic carbocycles. The van der Waals surface area contributed by atoms with Gasteiger partial charge in [-0.2, -0.15) is 0 Å². The zero-order valence-electron chi connectivity index (χ0n) is 10.3. The number of carbonyl (C=O) groups excluding carboxylic acids is 2. The summed E-state index contributed by atoms with van der Waals surface area (Å²) in [6, 6.07) is 7.22. The van der Waals surface area contributed by atoms with Crippen molar-refractivity contribution in [3.8, 4) is 0 Å². The molecule has 5 nitrogen and oxygen atoms in total. The van der Waals surface area contributed by atoms with Crippen molar-refractivity contribution in [2.24, 2.45) is 0 Å². The number of benzene rings is 1. The van der Waals surface area contributed by atoms with Gasteiger partial charge in [0.1, 0.15) is 6.04 Å². The Labute approximate surface area is 106 Å². The van der Waals surface area contributed by atoms with Crippen molar-refractivity contribution in [3.63, 3.8) is 0 Å². The first-order valence-electron chi connectivity index (χ1n) is 6.03. The smallest absolute Gasteiger partial charge is 0.246 e. The third kappa shape index (κ3) is 2.87. The van der Waals surface area contributed by atoms with Gasteiger partial charge in [0.25, 0.3) is 0 Å². The van der Waals surface area contributed by atoms with Crippen LogP contribution in [-0.4, -0.2) is 24.9 Å². The number of rotatable bonds is 4. The lowest BCUT2D eigenvalue weighted by Gasteiger charge is -2.14. The molecule has 1 aliphatic heterocycles. The van der Waals surface area contributed by atoms with Crippen LogP contribution < -0.4 is 16.0 Å². The quantitative estimate of drug-likeness (QED) is 0.730. The topological polar surface area (TPSA) is 70.2 Å². The van der Waals surface area contributed by atoms with Crippen molar-refractivity contribution >= 4 is 17.5 Å². The van der Waals surface area contributed by atoms with Gasteiger partial charge in [0.05, 0.1) is 0 Å². The number of hydrogen-bond acceptors (Lipinski definition) is 3. The average Bonchev–Trinajstić information content (AvgIpc) is 2.79. The fourth-order valence-electron chi connectivity index (χ4n) is 2.02. The highest BCUT2D eigenvalue weighted by Crippen LogP contribution is 2.16. The van der Waals surface area contributed by atoms with E-state index in [1.807, 2.05) is 31.3 Å². The molecule has 1 aliphatic rings. The molecule has 2 amide bonds. The first-order chi connectivity index (χ1) is 8.70. The Morgan fingerprint density at radius 1 is 1.44 bits per heavy atom. The van der Waals surface area contributed by atoms with Crippen LogP contribution in [0.15, 0.2) is 24.3 Å². The fourth-order valence-corrected chi connectivity index (χ4v) is 2.02. The van der Waals surface area contributed by atoms with E-state index in [0.29, 0.717) is 19.4 Å². The van der Waals surface area contributed by atoms with E-state index < -0.39 is 6.04 Å². The minimum atomic E-state index is -0.403. The molecule has 96 valence electrons. The Morgan fingerprint density at radius 3 is 2.89 bits per heavy atom. The standard InChI is InChI=1S/C13H17N3O2/c1-14-8-9-4-2-3-5-10(9)16-13(18)11-6-7-12(17)15-11/h2-5,11,14H,6-8H2,1H3,(H,15,17)(H,16,18)/t11-/m0/s1. The zero-order valence-corrected chi connectivity index (χ0v) is 10.3. The first-order valence-corrected chi connectivity index (χ1v) is 6.03. The van der Waals surface area contributed by atoms with Gasteiger partial charge in [-0.15, -0.1) is 0 Å². The minimum Gasteiger partial charge on any atom is -0.344 e. The van der Waals surface area contributed by atoms with Crippen LogP contribution in [0.25, 0.3) is 0 Å². The minimum absolute atomic E-state index is 0.0568. The fraction of sp³-hybridized carbons (Fsp3) is 0.385. The molecule has 5 heteroatoms. The van der Waals surface area contributed by atoms with Gasteiger partial charge < -0.3 is 16.0 Å². The molecule has 0 unspecified atom stereocenters. The molecule has 3 N–H and O–H groups in total. The number of hydrogen-bond donors (Lipinski definition) is 3. The molecule has 1 heterocycles. The highest BCUT2D eigenvalue weighted by molar-refractivity contribution is 5.99. The van der Waals surface area contributed by atoms with Gasteiger partial charge >= 0.3 is 0 Å². The predicted octanol–water partition coefficient (Wildman–Crippen LogP) is 0.623. The lowest BCUT2D eigenvalue weighted by molar-refractivity contribution is -0.122. The molecule has 1 atom stereocenters. The van der Waals surface area contributed by atoms with E-state index in [1.54, 1.807) is 0 Å². The summed E-state index contributed by atoms with van der Waals surface area (Å²) in [5, 5.41) is 8.58. The Bertz CT molecular complexity index is 459. The lowest BCUT2D eigenvalue weighted by Crippen LogP contribution is -2.37. The van der Waals surface area contributed by atoms with Crippen LogP contribution in [0, 0.1) is 0 Å². The molecule has 0 bridgehead atoms. The van der Waals surface area contributed by atoms with Gasteiger partial charge in [-0.3, -0.25) is 9.59 Å². The molecular weight excluding hydrogens is 230 g/mol. The highest BCUT2D eigenvalue weighted by atomic mass is 16.2. The van der Waals surface area contributed by atoms with Crippen molar-refractivity contribution in [3.05, 3.63) is 29.8 Å². The first kappa shape index (κ1) is 12.6. The Balaban J connectivity index is 2.04. The summed E-state index contributed by atoms with van der Waals surface area (Å²) >= 11 is 0. The molecule has 0 aliphatic carbocycles.